The highest BCUT2D eigenvalue weighted by molar-refractivity contribution is 9.10. The van der Waals surface area contributed by atoms with Crippen molar-refractivity contribution < 1.29 is 19.0 Å². The van der Waals surface area contributed by atoms with E-state index in [1.54, 1.807) is 22.8 Å². The van der Waals surface area contributed by atoms with Gasteiger partial charge in [-0.2, -0.15) is 5.10 Å². The number of carbonyl (C=O) groups is 1. The Morgan fingerprint density at radius 3 is 2.79 bits per heavy atom. The first-order valence-electron chi connectivity index (χ1n) is 10.4. The second-order valence-corrected chi connectivity index (χ2v) is 8.40. The summed E-state index contributed by atoms with van der Waals surface area (Å²) in [4.78, 5) is 27.6. The molecule has 1 saturated heterocycles. The zero-order valence-electron chi connectivity index (χ0n) is 17.8. The van der Waals surface area contributed by atoms with Crippen LogP contribution < -0.4 is 15.8 Å². The third kappa shape index (κ3) is 4.76. The predicted octanol–water partition coefficient (Wildman–Crippen LogP) is 3.23. The van der Waals surface area contributed by atoms with E-state index in [2.05, 4.69) is 26.5 Å². The van der Waals surface area contributed by atoms with Gasteiger partial charge in [0.05, 0.1) is 30.6 Å². The molecule has 3 aromatic rings. The second-order valence-electron chi connectivity index (χ2n) is 7.48. The number of hydrogen-bond donors (Lipinski definition) is 2. The van der Waals surface area contributed by atoms with Gasteiger partial charge in [0.15, 0.2) is 0 Å². The number of morpholine rings is 1. The molecule has 2 heterocycles. The molecule has 1 fully saturated rings. The number of hydrazone groups is 1. The average molecular weight is 517 g/mol. The lowest BCUT2D eigenvalue weighted by molar-refractivity contribution is 0.0953. The lowest BCUT2D eigenvalue weighted by Gasteiger charge is -2.29. The Bertz CT molecular complexity index is 1300. The van der Waals surface area contributed by atoms with Crippen LogP contribution in [0.1, 0.15) is 22.8 Å². The molecule has 10 heteroatoms. The predicted molar refractivity (Wildman–Crippen MR) is 128 cm³/mol. The summed E-state index contributed by atoms with van der Waals surface area (Å²) < 4.78 is 22.7. The number of rotatable bonds is 5. The van der Waals surface area contributed by atoms with Gasteiger partial charge >= 0.3 is 0 Å². The lowest BCUT2D eigenvalue weighted by atomic mass is 10.1. The van der Waals surface area contributed by atoms with E-state index in [-0.39, 0.29) is 16.7 Å². The Kier molecular flexibility index (Phi) is 6.75. The zero-order chi connectivity index (χ0) is 23.5. The first-order chi connectivity index (χ1) is 15.9. The van der Waals surface area contributed by atoms with Gasteiger partial charge < -0.3 is 19.3 Å². The molecule has 1 amide bonds. The molecule has 0 aliphatic carbocycles. The molecular formula is C23H22BrFN4O4. The fourth-order valence-electron chi connectivity index (χ4n) is 3.72. The van der Waals surface area contributed by atoms with Gasteiger partial charge in [-0.15, -0.1) is 0 Å². The number of amides is 1. The van der Waals surface area contributed by atoms with E-state index in [4.69, 9.17) is 4.74 Å². The third-order valence-electron chi connectivity index (χ3n) is 5.45. The smallest absolute Gasteiger partial charge is 0.276 e. The number of aromatic hydroxyl groups is 1. The maximum absolute atomic E-state index is 14.9. The van der Waals surface area contributed by atoms with Crippen LogP contribution in [-0.4, -0.2) is 48.1 Å². The number of nitrogens with zero attached hydrogens (tertiary/aromatic N) is 3. The molecule has 33 heavy (non-hydrogen) atoms. The monoisotopic (exact) mass is 516 g/mol. The number of fused-ring (bicyclic) bond motifs is 1. The molecule has 8 nitrogen and oxygen atoms in total. The molecule has 1 aliphatic heterocycles. The molecule has 0 spiro atoms. The summed E-state index contributed by atoms with van der Waals surface area (Å²) in [6, 6.07) is 7.61. The van der Waals surface area contributed by atoms with Gasteiger partial charge in [-0.3, -0.25) is 9.59 Å². The van der Waals surface area contributed by atoms with Crippen LogP contribution in [0, 0.1) is 5.82 Å². The molecule has 0 unspecified atom stereocenters. The van der Waals surface area contributed by atoms with Crippen LogP contribution in [-0.2, 0) is 11.3 Å². The maximum Gasteiger partial charge on any atom is 0.276 e. The number of nitrogens with one attached hydrogen (secondary N) is 1. The minimum atomic E-state index is -0.729. The van der Waals surface area contributed by atoms with E-state index in [0.717, 1.165) is 4.47 Å². The van der Waals surface area contributed by atoms with Crippen molar-refractivity contribution >= 4 is 44.6 Å². The highest BCUT2D eigenvalue weighted by Gasteiger charge is 2.20. The highest BCUT2D eigenvalue weighted by Crippen LogP contribution is 2.26. The molecule has 172 valence electrons. The van der Waals surface area contributed by atoms with Crippen LogP contribution in [0.15, 0.2) is 50.9 Å². The van der Waals surface area contributed by atoms with Crippen molar-refractivity contribution in [2.75, 3.05) is 31.2 Å². The molecule has 1 aliphatic rings. The van der Waals surface area contributed by atoms with Crippen LogP contribution in [0.4, 0.5) is 10.1 Å². The summed E-state index contributed by atoms with van der Waals surface area (Å²) in [6.45, 7) is 4.48. The molecule has 0 atom stereocenters. The number of halogens is 2. The molecule has 2 aromatic carbocycles. The molecule has 4 rings (SSSR count). The summed E-state index contributed by atoms with van der Waals surface area (Å²) in [5, 5.41) is 13.8. The average Bonchev–Trinajstić information content (AvgIpc) is 2.82. The van der Waals surface area contributed by atoms with Crippen LogP contribution in [0.25, 0.3) is 10.9 Å². The normalized spacial score (nSPS) is 14.2. The number of anilines is 1. The molecule has 0 bridgehead atoms. The minimum absolute atomic E-state index is 0.0122. The standard InChI is InChI=1S/C23H22BrFN4O4/c1-2-28-13-17(23(32)27-26-12-14-9-15(24)3-4-21(14)30)22(31)16-10-18(25)20(11-19(16)28)29-5-7-33-8-6-29/h3-4,9-13,30H,2,5-8H2,1H3,(H,27,32). The number of benzene rings is 2. The molecular weight excluding hydrogens is 495 g/mol. The van der Waals surface area contributed by atoms with E-state index in [1.807, 2.05) is 11.8 Å². The van der Waals surface area contributed by atoms with Crippen LogP contribution >= 0.6 is 15.9 Å². The van der Waals surface area contributed by atoms with Crippen molar-refractivity contribution in [1.82, 2.24) is 9.99 Å². The summed E-state index contributed by atoms with van der Waals surface area (Å²) in [7, 11) is 0. The fourth-order valence-corrected chi connectivity index (χ4v) is 4.10. The van der Waals surface area contributed by atoms with Gasteiger partial charge in [-0.05, 0) is 37.3 Å². The number of ether oxygens (including phenoxy) is 1. The van der Waals surface area contributed by atoms with E-state index in [0.29, 0.717) is 49.6 Å². The first-order valence-corrected chi connectivity index (χ1v) is 11.2. The minimum Gasteiger partial charge on any atom is -0.507 e. The quantitative estimate of drug-likeness (QED) is 0.401. The number of carbonyl (C=O) groups excluding carboxylic acids is 1. The maximum atomic E-state index is 14.9. The van der Waals surface area contributed by atoms with E-state index < -0.39 is 17.2 Å². The Hall–Kier alpha value is -3.24. The van der Waals surface area contributed by atoms with Crippen molar-refractivity contribution in [3.8, 4) is 5.75 Å². The lowest BCUT2D eigenvalue weighted by Crippen LogP contribution is -2.37. The third-order valence-corrected chi connectivity index (χ3v) is 5.94. The van der Waals surface area contributed by atoms with Crippen molar-refractivity contribution in [2.24, 2.45) is 5.10 Å². The largest absolute Gasteiger partial charge is 0.507 e. The van der Waals surface area contributed by atoms with Crippen LogP contribution in [0.2, 0.25) is 0 Å². The van der Waals surface area contributed by atoms with Crippen molar-refractivity contribution in [2.45, 2.75) is 13.5 Å². The number of aryl methyl sites for hydroxylation is 1. The van der Waals surface area contributed by atoms with Gasteiger partial charge in [0.2, 0.25) is 5.43 Å². The zero-order valence-corrected chi connectivity index (χ0v) is 19.4. The van der Waals surface area contributed by atoms with Gasteiger partial charge in [0.25, 0.3) is 5.91 Å². The Labute approximate surface area is 197 Å². The van der Waals surface area contributed by atoms with Gasteiger partial charge in [0, 0.05) is 41.3 Å². The van der Waals surface area contributed by atoms with Gasteiger partial charge in [-0.25, -0.2) is 9.82 Å². The van der Waals surface area contributed by atoms with E-state index in [9.17, 15) is 19.1 Å². The van der Waals surface area contributed by atoms with Crippen molar-refractivity contribution in [3.63, 3.8) is 0 Å². The summed E-state index contributed by atoms with van der Waals surface area (Å²) in [5.74, 6) is -1.26. The van der Waals surface area contributed by atoms with Crippen molar-refractivity contribution in [1.29, 1.82) is 0 Å². The number of pyridine rings is 1. The van der Waals surface area contributed by atoms with Crippen LogP contribution in [0.5, 0.6) is 5.75 Å². The fraction of sp³-hybridized carbons (Fsp3) is 0.261. The van der Waals surface area contributed by atoms with Crippen molar-refractivity contribution in [3.05, 3.63) is 68.2 Å². The molecule has 0 radical (unpaired) electrons. The number of phenols is 1. The summed E-state index contributed by atoms with van der Waals surface area (Å²) in [5.41, 5.74) is 2.90. The Balaban J connectivity index is 1.67. The molecule has 2 N–H and O–H groups in total. The second kappa shape index (κ2) is 9.72. The summed E-state index contributed by atoms with van der Waals surface area (Å²) in [6.07, 6.45) is 2.72. The Morgan fingerprint density at radius 1 is 1.30 bits per heavy atom. The van der Waals surface area contributed by atoms with Gasteiger partial charge in [-0.1, -0.05) is 15.9 Å². The summed E-state index contributed by atoms with van der Waals surface area (Å²) >= 11 is 3.29. The van der Waals surface area contributed by atoms with E-state index >= 15 is 0 Å². The van der Waals surface area contributed by atoms with Crippen LogP contribution in [0.3, 0.4) is 0 Å². The van der Waals surface area contributed by atoms with E-state index in [1.165, 1.54) is 24.5 Å². The molecule has 1 aromatic heterocycles. The number of hydrogen-bond acceptors (Lipinski definition) is 6. The number of aromatic nitrogens is 1. The number of phenolic OH excluding ortho intramolecular Hbond substituents is 1. The first kappa shape index (κ1) is 22.9. The topological polar surface area (TPSA) is 96.2 Å². The molecule has 0 saturated carbocycles. The highest BCUT2D eigenvalue weighted by atomic mass is 79.9. The SMILES string of the molecule is CCn1cc(C(=O)NN=Cc2cc(Br)ccc2O)c(=O)c2cc(F)c(N3CCOCC3)cc21. The van der Waals surface area contributed by atoms with Gasteiger partial charge in [0.1, 0.15) is 17.1 Å². The Morgan fingerprint density at radius 2 is 2.06 bits per heavy atom.